The number of nitriles is 1. The van der Waals surface area contributed by atoms with E-state index in [0.29, 0.717) is 49.6 Å². The molecule has 7 nitrogen and oxygen atoms in total. The van der Waals surface area contributed by atoms with Crippen molar-refractivity contribution in [2.45, 2.75) is 25.7 Å². The molecule has 2 aromatic heterocycles. The molecule has 0 saturated carbocycles. The van der Waals surface area contributed by atoms with Gasteiger partial charge in [0.2, 0.25) is 11.6 Å². The molecule has 0 aliphatic rings. The van der Waals surface area contributed by atoms with E-state index in [-0.39, 0.29) is 18.7 Å². The SMILES string of the molecule is N#Cc1ccc2c(c1)nc(OCCOCCCCNCc1cc(F)c(OC(F)(F)F)c(F)c1)c1ccncc12. The highest BCUT2D eigenvalue weighted by atomic mass is 19.4. The molecule has 0 bridgehead atoms. The Bertz CT molecular complexity index is 1470. The number of pyridine rings is 2. The summed E-state index contributed by atoms with van der Waals surface area (Å²) < 4.78 is 79.1. The van der Waals surface area contributed by atoms with Gasteiger partial charge in [0.05, 0.1) is 23.8 Å². The number of nitrogens with one attached hydrogen (secondary N) is 1. The van der Waals surface area contributed by atoms with Crippen LogP contribution in [0.2, 0.25) is 0 Å². The molecule has 0 saturated heterocycles. The third kappa shape index (κ3) is 7.49. The molecule has 2 heterocycles. The number of halogens is 5. The summed E-state index contributed by atoms with van der Waals surface area (Å²) in [7, 11) is 0. The lowest BCUT2D eigenvalue weighted by Crippen LogP contribution is -2.20. The van der Waals surface area contributed by atoms with Crippen LogP contribution in [0.1, 0.15) is 24.0 Å². The number of nitrogens with zero attached hydrogens (tertiary/aromatic N) is 3. The summed E-state index contributed by atoms with van der Waals surface area (Å²) in [6.07, 6.45) is -0.396. The van der Waals surface area contributed by atoms with Gasteiger partial charge >= 0.3 is 6.36 Å². The number of fused-ring (bicyclic) bond motifs is 3. The van der Waals surface area contributed by atoms with Gasteiger partial charge in [-0.3, -0.25) is 4.98 Å². The van der Waals surface area contributed by atoms with Crippen molar-refractivity contribution in [3.05, 3.63) is 71.6 Å². The van der Waals surface area contributed by atoms with E-state index in [2.05, 4.69) is 26.1 Å². The van der Waals surface area contributed by atoms with Crippen LogP contribution in [0.25, 0.3) is 21.7 Å². The summed E-state index contributed by atoms with van der Waals surface area (Å²) in [5, 5.41) is 14.7. The Morgan fingerprint density at radius 2 is 1.72 bits per heavy atom. The number of benzene rings is 2. The van der Waals surface area contributed by atoms with Crippen molar-refractivity contribution in [3.8, 4) is 17.7 Å². The van der Waals surface area contributed by atoms with Gasteiger partial charge in [0.15, 0.2) is 11.6 Å². The summed E-state index contributed by atoms with van der Waals surface area (Å²) in [5.74, 6) is -3.89. The second-order valence-corrected chi connectivity index (χ2v) is 8.46. The largest absolute Gasteiger partial charge is 0.573 e. The fraction of sp³-hybridized carbons (Fsp3) is 0.296. The molecule has 4 aromatic rings. The number of unbranched alkanes of at least 4 members (excludes halogenated alkanes) is 1. The highest BCUT2D eigenvalue weighted by Crippen LogP contribution is 2.31. The van der Waals surface area contributed by atoms with Gasteiger partial charge in [-0.1, -0.05) is 6.07 Å². The lowest BCUT2D eigenvalue weighted by Gasteiger charge is -2.12. The van der Waals surface area contributed by atoms with Gasteiger partial charge in [-0.2, -0.15) is 5.26 Å². The maximum atomic E-state index is 13.8. The Kier molecular flexibility index (Phi) is 9.06. The van der Waals surface area contributed by atoms with Crippen LogP contribution in [-0.4, -0.2) is 42.7 Å². The van der Waals surface area contributed by atoms with Gasteiger partial charge in [0.1, 0.15) is 6.61 Å². The third-order valence-electron chi connectivity index (χ3n) is 5.65. The lowest BCUT2D eigenvalue weighted by atomic mass is 10.1. The zero-order valence-corrected chi connectivity index (χ0v) is 20.5. The van der Waals surface area contributed by atoms with Crippen LogP contribution in [0.4, 0.5) is 22.0 Å². The minimum Gasteiger partial charge on any atom is -0.475 e. The predicted octanol–water partition coefficient (Wildman–Crippen LogP) is 5.80. The number of rotatable bonds is 12. The van der Waals surface area contributed by atoms with Crippen LogP contribution in [0.5, 0.6) is 11.6 Å². The van der Waals surface area contributed by atoms with E-state index in [1.165, 1.54) is 0 Å². The molecular formula is C27H23F5N4O3. The van der Waals surface area contributed by atoms with Crippen molar-refractivity contribution in [1.82, 2.24) is 15.3 Å². The van der Waals surface area contributed by atoms with E-state index in [4.69, 9.17) is 9.47 Å². The van der Waals surface area contributed by atoms with Crippen molar-refractivity contribution >= 4 is 21.7 Å². The Hall–Kier alpha value is -4.08. The average Bonchev–Trinajstić information content (AvgIpc) is 2.91. The zero-order chi connectivity index (χ0) is 27.8. The Morgan fingerprint density at radius 3 is 2.46 bits per heavy atom. The van der Waals surface area contributed by atoms with E-state index in [9.17, 15) is 27.2 Å². The first kappa shape index (κ1) is 27.9. The fourth-order valence-electron chi connectivity index (χ4n) is 3.91. The maximum absolute atomic E-state index is 13.8. The Labute approximate surface area is 220 Å². The van der Waals surface area contributed by atoms with E-state index >= 15 is 0 Å². The summed E-state index contributed by atoms with van der Waals surface area (Å²) in [6.45, 7) is 1.63. The number of aromatic nitrogens is 2. The summed E-state index contributed by atoms with van der Waals surface area (Å²) in [5.41, 5.74) is 1.28. The molecule has 12 heteroatoms. The van der Waals surface area contributed by atoms with Gasteiger partial charge in [0, 0.05) is 41.7 Å². The van der Waals surface area contributed by atoms with Gasteiger partial charge in [-0.05, 0) is 55.3 Å². The molecule has 1 N–H and O–H groups in total. The zero-order valence-electron chi connectivity index (χ0n) is 20.5. The first-order valence-electron chi connectivity index (χ1n) is 12.0. The van der Waals surface area contributed by atoms with Crippen molar-refractivity contribution in [3.63, 3.8) is 0 Å². The van der Waals surface area contributed by atoms with Gasteiger partial charge in [0.25, 0.3) is 0 Å². The number of alkyl halides is 3. The quantitative estimate of drug-likeness (QED) is 0.137. The second-order valence-electron chi connectivity index (χ2n) is 8.46. The van der Waals surface area contributed by atoms with Crippen molar-refractivity contribution in [1.29, 1.82) is 5.26 Å². The molecule has 4 rings (SSSR count). The van der Waals surface area contributed by atoms with Crippen LogP contribution < -0.4 is 14.8 Å². The predicted molar refractivity (Wildman–Crippen MR) is 132 cm³/mol. The van der Waals surface area contributed by atoms with E-state index in [1.54, 1.807) is 24.5 Å². The molecule has 0 aliphatic carbocycles. The molecular weight excluding hydrogens is 523 g/mol. The minimum absolute atomic E-state index is 0.0763. The average molecular weight is 546 g/mol. The molecule has 39 heavy (non-hydrogen) atoms. The molecule has 0 amide bonds. The minimum atomic E-state index is -5.18. The Morgan fingerprint density at radius 1 is 0.923 bits per heavy atom. The number of ether oxygens (including phenoxy) is 3. The fourth-order valence-corrected chi connectivity index (χ4v) is 3.91. The third-order valence-corrected chi connectivity index (χ3v) is 5.65. The van der Waals surface area contributed by atoms with Crippen LogP contribution in [0.3, 0.4) is 0 Å². The summed E-state index contributed by atoms with van der Waals surface area (Å²) in [6, 6.07) is 10.8. The normalized spacial score (nSPS) is 11.6. The number of hydrogen-bond donors (Lipinski definition) is 1. The standard InChI is InChI=1S/C27H23F5N4O3/c28-22-11-18(12-23(29)25(22)39-27(30,31)32)15-34-6-1-2-8-37-9-10-38-26-20-5-7-35-16-21(20)19-4-3-17(14-33)13-24(19)36-26/h3-5,7,11-13,16,34H,1-2,6,8-10,15H2. The smallest absolute Gasteiger partial charge is 0.475 e. The maximum Gasteiger partial charge on any atom is 0.573 e. The molecule has 2 aromatic carbocycles. The van der Waals surface area contributed by atoms with E-state index in [1.807, 2.05) is 12.1 Å². The molecule has 0 atom stereocenters. The molecule has 0 radical (unpaired) electrons. The van der Waals surface area contributed by atoms with E-state index in [0.717, 1.165) is 28.3 Å². The van der Waals surface area contributed by atoms with Crippen molar-refractivity contribution in [2.75, 3.05) is 26.4 Å². The van der Waals surface area contributed by atoms with Gasteiger partial charge < -0.3 is 19.5 Å². The highest BCUT2D eigenvalue weighted by Gasteiger charge is 2.34. The van der Waals surface area contributed by atoms with E-state index < -0.39 is 23.7 Å². The summed E-state index contributed by atoms with van der Waals surface area (Å²) in [4.78, 5) is 8.75. The van der Waals surface area contributed by atoms with Crippen molar-refractivity contribution < 1.29 is 36.2 Å². The first-order chi connectivity index (χ1) is 18.7. The molecule has 0 unspecified atom stereocenters. The van der Waals surface area contributed by atoms with Gasteiger partial charge in [-0.25, -0.2) is 13.8 Å². The first-order valence-corrected chi connectivity index (χ1v) is 12.0. The van der Waals surface area contributed by atoms with Crippen LogP contribution in [-0.2, 0) is 11.3 Å². The van der Waals surface area contributed by atoms with Crippen molar-refractivity contribution in [2.24, 2.45) is 0 Å². The van der Waals surface area contributed by atoms with Crippen LogP contribution in [0, 0.1) is 23.0 Å². The number of hydrogen-bond acceptors (Lipinski definition) is 7. The Balaban J connectivity index is 1.17. The molecule has 0 aliphatic heterocycles. The topological polar surface area (TPSA) is 89.3 Å². The highest BCUT2D eigenvalue weighted by molar-refractivity contribution is 6.07. The van der Waals surface area contributed by atoms with Crippen LogP contribution >= 0.6 is 0 Å². The molecule has 0 fully saturated rings. The van der Waals surface area contributed by atoms with Gasteiger partial charge in [-0.15, -0.1) is 13.2 Å². The van der Waals surface area contributed by atoms with Crippen LogP contribution in [0.15, 0.2) is 48.8 Å². The molecule has 204 valence electrons. The molecule has 0 spiro atoms. The monoisotopic (exact) mass is 546 g/mol. The summed E-state index contributed by atoms with van der Waals surface area (Å²) >= 11 is 0. The lowest BCUT2D eigenvalue weighted by molar-refractivity contribution is -0.276. The second kappa shape index (κ2) is 12.6.